The zero-order valence-electron chi connectivity index (χ0n) is 9.46. The van der Waals surface area contributed by atoms with Crippen LogP contribution in [-0.4, -0.2) is 9.78 Å². The molecule has 0 aliphatic rings. The first-order valence-corrected chi connectivity index (χ1v) is 4.81. The van der Waals surface area contributed by atoms with Crippen molar-refractivity contribution in [1.29, 1.82) is 0 Å². The van der Waals surface area contributed by atoms with Gasteiger partial charge in [-0.1, -0.05) is 30.3 Å². The van der Waals surface area contributed by atoms with Crippen LogP contribution in [0.2, 0.25) is 0 Å². The molecule has 2 rings (SSSR count). The summed E-state index contributed by atoms with van der Waals surface area (Å²) in [6.07, 6.45) is 0. The Balaban J connectivity index is 0.00000128. The van der Waals surface area contributed by atoms with E-state index < -0.39 is 0 Å². The number of nitrogens with two attached hydrogens (primary N) is 2. The quantitative estimate of drug-likeness (QED) is 0.883. The molecule has 0 unspecified atom stereocenters. The van der Waals surface area contributed by atoms with Crippen LogP contribution in [0.3, 0.4) is 0 Å². The first-order chi connectivity index (χ1) is 7.18. The fourth-order valence-electron chi connectivity index (χ4n) is 1.49. The van der Waals surface area contributed by atoms with E-state index in [4.69, 9.17) is 11.5 Å². The number of hydrogen-bond acceptors (Lipinski definition) is 3. The maximum atomic E-state index is 5.83. The van der Waals surface area contributed by atoms with Gasteiger partial charge in [-0.25, -0.2) is 4.68 Å². The van der Waals surface area contributed by atoms with E-state index in [0.717, 1.165) is 11.3 Å². The number of hydrogen-bond donors (Lipinski definition) is 2. The third-order valence-corrected chi connectivity index (χ3v) is 2.39. The van der Waals surface area contributed by atoms with Crippen LogP contribution in [0, 0.1) is 6.92 Å². The van der Waals surface area contributed by atoms with Crippen molar-refractivity contribution >= 4 is 36.3 Å². The summed E-state index contributed by atoms with van der Waals surface area (Å²) in [4.78, 5) is 0. The van der Waals surface area contributed by atoms with E-state index in [1.54, 1.807) is 4.68 Å². The highest BCUT2D eigenvalue weighted by Gasteiger charge is 2.08. The zero-order valence-corrected chi connectivity index (χ0v) is 11.1. The first kappa shape index (κ1) is 15.6. The second-order valence-corrected chi connectivity index (χ2v) is 3.53. The van der Waals surface area contributed by atoms with Gasteiger partial charge in [0.15, 0.2) is 0 Å². The van der Waals surface area contributed by atoms with Gasteiger partial charge in [-0.15, -0.1) is 24.8 Å². The minimum atomic E-state index is 0. The van der Waals surface area contributed by atoms with Crippen LogP contribution in [-0.2, 0) is 6.54 Å². The number of benzene rings is 1. The van der Waals surface area contributed by atoms with Gasteiger partial charge in [-0.05, 0) is 12.5 Å². The van der Waals surface area contributed by atoms with Gasteiger partial charge in [0.05, 0.1) is 17.9 Å². The van der Waals surface area contributed by atoms with Gasteiger partial charge in [-0.3, -0.25) is 0 Å². The Hall–Kier alpha value is -1.39. The molecule has 0 amide bonds. The fraction of sp³-hybridized carbons (Fsp3) is 0.182. The molecule has 0 saturated heterocycles. The van der Waals surface area contributed by atoms with Gasteiger partial charge in [-0.2, -0.15) is 5.10 Å². The average Bonchev–Trinajstić information content (AvgIpc) is 2.48. The van der Waals surface area contributed by atoms with E-state index in [-0.39, 0.29) is 24.8 Å². The molecule has 0 spiro atoms. The van der Waals surface area contributed by atoms with Gasteiger partial charge in [0, 0.05) is 0 Å². The van der Waals surface area contributed by atoms with E-state index in [2.05, 4.69) is 5.10 Å². The summed E-state index contributed by atoms with van der Waals surface area (Å²) < 4.78 is 1.72. The summed E-state index contributed by atoms with van der Waals surface area (Å²) in [5.74, 6) is 0.538. The Morgan fingerprint density at radius 2 is 1.71 bits per heavy atom. The lowest BCUT2D eigenvalue weighted by Gasteiger charge is -2.03. The summed E-state index contributed by atoms with van der Waals surface area (Å²) in [7, 11) is 0. The highest BCUT2D eigenvalue weighted by molar-refractivity contribution is 5.85. The van der Waals surface area contributed by atoms with Gasteiger partial charge in [0.1, 0.15) is 5.82 Å². The third kappa shape index (κ3) is 3.28. The van der Waals surface area contributed by atoms with Crippen LogP contribution in [0.4, 0.5) is 11.5 Å². The lowest BCUT2D eigenvalue weighted by Crippen LogP contribution is -2.06. The molecule has 0 fully saturated rings. The number of aryl methyl sites for hydroxylation is 1. The second kappa shape index (κ2) is 6.37. The van der Waals surface area contributed by atoms with Crippen LogP contribution >= 0.6 is 24.8 Å². The minimum Gasteiger partial charge on any atom is -0.394 e. The maximum absolute atomic E-state index is 5.83. The average molecular weight is 275 g/mol. The fourth-order valence-corrected chi connectivity index (χ4v) is 1.49. The molecule has 4 N–H and O–H groups in total. The van der Waals surface area contributed by atoms with Crippen molar-refractivity contribution in [3.63, 3.8) is 0 Å². The Labute approximate surface area is 113 Å². The lowest BCUT2D eigenvalue weighted by atomic mass is 10.2. The largest absolute Gasteiger partial charge is 0.394 e. The van der Waals surface area contributed by atoms with Crippen molar-refractivity contribution in [1.82, 2.24) is 9.78 Å². The van der Waals surface area contributed by atoms with Crippen LogP contribution in [0.25, 0.3) is 0 Å². The van der Waals surface area contributed by atoms with Gasteiger partial charge >= 0.3 is 0 Å². The van der Waals surface area contributed by atoms with Gasteiger partial charge < -0.3 is 11.5 Å². The van der Waals surface area contributed by atoms with Crippen LogP contribution < -0.4 is 11.5 Å². The van der Waals surface area contributed by atoms with E-state index in [1.165, 1.54) is 0 Å². The van der Waals surface area contributed by atoms with Crippen molar-refractivity contribution in [3.05, 3.63) is 41.6 Å². The van der Waals surface area contributed by atoms with Crippen molar-refractivity contribution in [2.24, 2.45) is 0 Å². The predicted octanol–water partition coefficient (Wildman–Crippen LogP) is 2.25. The molecule has 4 nitrogen and oxygen atoms in total. The number of nitrogen functional groups attached to an aromatic ring is 2. The van der Waals surface area contributed by atoms with Crippen LogP contribution in [0.5, 0.6) is 0 Å². The number of halogens is 2. The standard InChI is InChI=1S/C11H14N4.2ClH/c1-8-10(12)11(13)15(14-8)7-9-5-3-2-4-6-9;;/h2-6H,7,12-13H2,1H3;2*1H. The third-order valence-electron chi connectivity index (χ3n) is 2.39. The monoisotopic (exact) mass is 274 g/mol. The maximum Gasteiger partial charge on any atom is 0.145 e. The molecule has 0 bridgehead atoms. The molecule has 0 aliphatic heterocycles. The number of aromatic nitrogens is 2. The zero-order chi connectivity index (χ0) is 10.8. The SMILES string of the molecule is Cc1nn(Cc2ccccc2)c(N)c1N.Cl.Cl. The Morgan fingerprint density at radius 3 is 2.18 bits per heavy atom. The van der Waals surface area contributed by atoms with E-state index in [1.807, 2.05) is 37.3 Å². The molecule has 0 aliphatic carbocycles. The molecule has 1 aromatic carbocycles. The molecule has 1 heterocycles. The highest BCUT2D eigenvalue weighted by Crippen LogP contribution is 2.19. The Kier molecular flexibility index (Phi) is 5.85. The second-order valence-electron chi connectivity index (χ2n) is 3.53. The minimum absolute atomic E-state index is 0. The predicted molar refractivity (Wildman–Crippen MR) is 75.8 cm³/mol. The van der Waals surface area contributed by atoms with Crippen LogP contribution in [0.15, 0.2) is 30.3 Å². The summed E-state index contributed by atoms with van der Waals surface area (Å²) in [6.45, 7) is 2.51. The molecule has 1 aromatic heterocycles. The molecule has 94 valence electrons. The first-order valence-electron chi connectivity index (χ1n) is 4.81. The Bertz CT molecular complexity index is 468. The number of nitrogens with zero attached hydrogens (tertiary/aromatic N) is 2. The van der Waals surface area contributed by atoms with Gasteiger partial charge in [0.25, 0.3) is 0 Å². The van der Waals surface area contributed by atoms with Gasteiger partial charge in [0.2, 0.25) is 0 Å². The molecule has 0 atom stereocenters. The molecular formula is C11H16Cl2N4. The number of rotatable bonds is 2. The van der Waals surface area contributed by atoms with E-state index >= 15 is 0 Å². The highest BCUT2D eigenvalue weighted by atomic mass is 35.5. The summed E-state index contributed by atoms with van der Waals surface area (Å²) in [5.41, 5.74) is 14.1. The van der Waals surface area contributed by atoms with Crippen LogP contribution in [0.1, 0.15) is 11.3 Å². The summed E-state index contributed by atoms with van der Waals surface area (Å²) in [5, 5.41) is 4.27. The van der Waals surface area contributed by atoms with Crippen molar-refractivity contribution in [3.8, 4) is 0 Å². The molecule has 0 radical (unpaired) electrons. The van der Waals surface area contributed by atoms with Crippen molar-refractivity contribution in [2.45, 2.75) is 13.5 Å². The molecule has 17 heavy (non-hydrogen) atoms. The van der Waals surface area contributed by atoms with E-state index in [9.17, 15) is 0 Å². The summed E-state index contributed by atoms with van der Waals surface area (Å²) >= 11 is 0. The Morgan fingerprint density at radius 1 is 1.12 bits per heavy atom. The topological polar surface area (TPSA) is 69.9 Å². The smallest absolute Gasteiger partial charge is 0.145 e. The lowest BCUT2D eigenvalue weighted by molar-refractivity contribution is 0.689. The molecular weight excluding hydrogens is 259 g/mol. The number of anilines is 2. The van der Waals surface area contributed by atoms with Crippen molar-refractivity contribution < 1.29 is 0 Å². The molecule has 2 aromatic rings. The van der Waals surface area contributed by atoms with Crippen molar-refractivity contribution in [2.75, 3.05) is 11.5 Å². The summed E-state index contributed by atoms with van der Waals surface area (Å²) in [6, 6.07) is 10.0. The normalized spacial score (nSPS) is 9.24. The van der Waals surface area contributed by atoms with E-state index in [0.29, 0.717) is 18.1 Å². The molecule has 0 saturated carbocycles. The molecule has 6 heteroatoms.